The van der Waals surface area contributed by atoms with Crippen LogP contribution in [0.3, 0.4) is 0 Å². The van der Waals surface area contributed by atoms with E-state index in [2.05, 4.69) is 10.2 Å². The first kappa shape index (κ1) is 25.3. The summed E-state index contributed by atoms with van der Waals surface area (Å²) in [6, 6.07) is 6.28. The standard InChI is InChI=1S/C23H32FN3O3.CH4O2S/c1-29-10-11-30-22(28)27-17-3-4-18(27)14-19(13-17)26-8-6-23(7-9-26)15-25-21-5-2-16(24)12-20(21)23;1-4(2)3/h2,5,12,17-19,25H,3-4,6-11,13-15H2,1H3;1H3,(H,2,3)/p-1. The Labute approximate surface area is 203 Å². The van der Waals surface area contributed by atoms with Gasteiger partial charge in [0.2, 0.25) is 0 Å². The number of nitrogens with zero attached hydrogens (tertiary/aromatic N) is 2. The summed E-state index contributed by atoms with van der Waals surface area (Å²) in [6.45, 7) is 3.75. The van der Waals surface area contributed by atoms with E-state index >= 15 is 0 Å². The van der Waals surface area contributed by atoms with Crippen LogP contribution in [-0.4, -0.2) is 89.0 Å². The van der Waals surface area contributed by atoms with Gasteiger partial charge in [-0.15, -0.1) is 0 Å². The topological polar surface area (TPSA) is 94.2 Å². The second-order valence-corrected chi connectivity index (χ2v) is 10.6. The molecule has 34 heavy (non-hydrogen) atoms. The number of hydrogen-bond acceptors (Lipinski definition) is 7. The Hall–Kier alpha value is -1.75. The van der Waals surface area contributed by atoms with Crippen LogP contribution in [0.4, 0.5) is 14.9 Å². The van der Waals surface area contributed by atoms with Crippen molar-refractivity contribution in [3.05, 3.63) is 29.6 Å². The molecule has 1 N–H and O–H groups in total. The maximum atomic E-state index is 13.9. The van der Waals surface area contributed by atoms with Crippen LogP contribution in [0.1, 0.15) is 44.1 Å². The number of methoxy groups -OCH3 is 1. The molecule has 3 atom stereocenters. The second kappa shape index (κ2) is 10.9. The number of hydrogen-bond donors (Lipinski definition) is 1. The average molecular weight is 497 g/mol. The number of carbonyl (C=O) groups is 1. The molecule has 5 rings (SSSR count). The van der Waals surface area contributed by atoms with Crippen LogP contribution >= 0.6 is 0 Å². The number of halogens is 1. The molecule has 190 valence electrons. The number of fused-ring (bicyclic) bond motifs is 4. The van der Waals surface area contributed by atoms with E-state index in [1.54, 1.807) is 19.2 Å². The van der Waals surface area contributed by atoms with E-state index in [1.165, 1.54) is 0 Å². The van der Waals surface area contributed by atoms with E-state index in [1.807, 2.05) is 11.0 Å². The lowest BCUT2D eigenvalue weighted by atomic mass is 9.73. The van der Waals surface area contributed by atoms with Crippen LogP contribution in [0.2, 0.25) is 0 Å². The Balaban J connectivity index is 0.000000636. The highest BCUT2D eigenvalue weighted by Gasteiger charge is 2.48. The number of benzene rings is 1. The van der Waals surface area contributed by atoms with E-state index in [0.29, 0.717) is 31.3 Å². The summed E-state index contributed by atoms with van der Waals surface area (Å²) in [4.78, 5) is 17.2. The van der Waals surface area contributed by atoms with Gasteiger partial charge in [0.25, 0.3) is 0 Å². The van der Waals surface area contributed by atoms with Crippen molar-refractivity contribution in [2.75, 3.05) is 51.5 Å². The first-order chi connectivity index (χ1) is 16.3. The molecule has 4 aliphatic heterocycles. The van der Waals surface area contributed by atoms with Gasteiger partial charge in [0.05, 0.1) is 6.61 Å². The van der Waals surface area contributed by atoms with Crippen molar-refractivity contribution < 1.29 is 27.4 Å². The SMILES string of the molecule is COCCOC(=O)N1C2CCC1CC(N1CCC3(CC1)CNc1ccc(F)cc13)C2.CS(=O)[O-]. The Bertz CT molecular complexity index is 877. The lowest BCUT2D eigenvalue weighted by Gasteiger charge is -2.47. The third-order valence-electron chi connectivity index (χ3n) is 7.87. The lowest BCUT2D eigenvalue weighted by molar-refractivity contribution is 0.0198. The van der Waals surface area contributed by atoms with E-state index in [-0.39, 0.29) is 17.3 Å². The molecule has 8 nitrogen and oxygen atoms in total. The minimum absolute atomic E-state index is 0.0682. The second-order valence-electron chi connectivity index (χ2n) is 9.79. The van der Waals surface area contributed by atoms with Gasteiger partial charge >= 0.3 is 6.09 Å². The molecule has 3 unspecified atom stereocenters. The Kier molecular flexibility index (Phi) is 8.12. The van der Waals surface area contributed by atoms with Crippen LogP contribution in [0.15, 0.2) is 18.2 Å². The van der Waals surface area contributed by atoms with E-state index in [0.717, 1.165) is 75.7 Å². The van der Waals surface area contributed by atoms with Crippen molar-refractivity contribution in [1.29, 1.82) is 0 Å². The molecule has 0 radical (unpaired) electrons. The van der Waals surface area contributed by atoms with Gasteiger partial charge in [0, 0.05) is 42.9 Å². The van der Waals surface area contributed by atoms with Crippen LogP contribution in [0.5, 0.6) is 0 Å². The van der Waals surface area contributed by atoms with Crippen molar-refractivity contribution in [3.8, 4) is 0 Å². The van der Waals surface area contributed by atoms with Gasteiger partial charge in [-0.3, -0.25) is 4.21 Å². The number of carbonyl (C=O) groups excluding carboxylic acids is 1. The zero-order chi connectivity index (χ0) is 24.3. The van der Waals surface area contributed by atoms with Crippen LogP contribution in [0.25, 0.3) is 0 Å². The van der Waals surface area contributed by atoms with Crippen LogP contribution in [0, 0.1) is 5.82 Å². The molecular weight excluding hydrogens is 461 g/mol. The zero-order valence-corrected chi connectivity index (χ0v) is 20.8. The quantitative estimate of drug-likeness (QED) is 0.506. The summed E-state index contributed by atoms with van der Waals surface area (Å²) in [7, 11) is 1.61. The predicted molar refractivity (Wildman–Crippen MR) is 127 cm³/mol. The summed E-state index contributed by atoms with van der Waals surface area (Å²) in [5.74, 6) is -0.138. The number of rotatable bonds is 4. The van der Waals surface area contributed by atoms with Crippen molar-refractivity contribution >= 4 is 22.9 Å². The number of nitrogens with one attached hydrogen (secondary N) is 1. The number of amides is 1. The van der Waals surface area contributed by atoms with Crippen LogP contribution < -0.4 is 5.32 Å². The van der Waals surface area contributed by atoms with E-state index < -0.39 is 11.1 Å². The molecule has 0 aliphatic carbocycles. The molecule has 3 saturated heterocycles. The zero-order valence-electron chi connectivity index (χ0n) is 20.0. The minimum atomic E-state index is -1.86. The maximum absolute atomic E-state index is 13.9. The molecule has 4 heterocycles. The lowest BCUT2D eigenvalue weighted by Crippen LogP contribution is -2.55. The third kappa shape index (κ3) is 5.40. The molecule has 0 aromatic heterocycles. The fourth-order valence-electron chi connectivity index (χ4n) is 6.26. The van der Waals surface area contributed by atoms with Gasteiger partial charge in [-0.25, -0.2) is 9.18 Å². The molecule has 1 aromatic rings. The van der Waals surface area contributed by atoms with Gasteiger partial charge in [0.15, 0.2) is 0 Å². The van der Waals surface area contributed by atoms with E-state index in [9.17, 15) is 9.18 Å². The maximum Gasteiger partial charge on any atom is 0.410 e. The average Bonchev–Trinajstić information content (AvgIpc) is 3.28. The molecule has 0 saturated carbocycles. The van der Waals surface area contributed by atoms with Gasteiger partial charge in [-0.2, -0.15) is 0 Å². The number of piperidine rings is 2. The fraction of sp³-hybridized carbons (Fsp3) is 0.708. The summed E-state index contributed by atoms with van der Waals surface area (Å²) in [5, 5.41) is 3.49. The Morgan fingerprint density at radius 2 is 1.85 bits per heavy atom. The van der Waals surface area contributed by atoms with E-state index in [4.69, 9.17) is 18.2 Å². The Morgan fingerprint density at radius 1 is 1.21 bits per heavy atom. The molecule has 4 aliphatic rings. The van der Waals surface area contributed by atoms with Gasteiger partial charge < -0.3 is 29.1 Å². The van der Waals surface area contributed by atoms with Gasteiger partial charge in [-0.05, 0) is 81.6 Å². The molecule has 1 aromatic carbocycles. The first-order valence-electron chi connectivity index (χ1n) is 12.1. The predicted octanol–water partition coefficient (Wildman–Crippen LogP) is 2.86. The van der Waals surface area contributed by atoms with Crippen molar-refractivity contribution in [1.82, 2.24) is 9.80 Å². The highest BCUT2D eigenvalue weighted by molar-refractivity contribution is 7.78. The summed E-state index contributed by atoms with van der Waals surface area (Å²) in [6.07, 6.45) is 7.25. The summed E-state index contributed by atoms with van der Waals surface area (Å²) >= 11 is -1.86. The molecule has 3 fully saturated rings. The third-order valence-corrected chi connectivity index (χ3v) is 7.87. The smallest absolute Gasteiger partial charge is 0.410 e. The fourth-order valence-corrected chi connectivity index (χ4v) is 6.26. The first-order valence-corrected chi connectivity index (χ1v) is 13.5. The van der Waals surface area contributed by atoms with Crippen molar-refractivity contribution in [3.63, 3.8) is 0 Å². The van der Waals surface area contributed by atoms with Crippen LogP contribution in [-0.2, 0) is 26.0 Å². The monoisotopic (exact) mass is 496 g/mol. The van der Waals surface area contributed by atoms with Crippen molar-refractivity contribution in [2.45, 2.75) is 62.1 Å². The van der Waals surface area contributed by atoms with Crippen molar-refractivity contribution in [2.24, 2.45) is 0 Å². The number of ether oxygens (including phenoxy) is 2. The molecule has 1 spiro atoms. The summed E-state index contributed by atoms with van der Waals surface area (Å²) < 4.78 is 42.3. The molecule has 1 amide bonds. The molecule has 2 bridgehead atoms. The largest absolute Gasteiger partial charge is 0.773 e. The van der Waals surface area contributed by atoms with Gasteiger partial charge in [0.1, 0.15) is 12.4 Å². The highest BCUT2D eigenvalue weighted by Crippen LogP contribution is 2.46. The molecular formula is C24H35FN3O5S-. The number of anilines is 1. The molecule has 10 heteroatoms. The minimum Gasteiger partial charge on any atom is -0.773 e. The van der Waals surface area contributed by atoms with Gasteiger partial charge in [-0.1, -0.05) is 11.1 Å². The normalized spacial score (nSPS) is 28.0. The Morgan fingerprint density at radius 3 is 2.47 bits per heavy atom. The highest BCUT2D eigenvalue weighted by atomic mass is 32.2. The summed E-state index contributed by atoms with van der Waals surface area (Å²) in [5.41, 5.74) is 2.33. The number of likely N-dealkylation sites (tertiary alicyclic amines) is 1.